The van der Waals surface area contributed by atoms with Crippen LogP contribution in [0.2, 0.25) is 0 Å². The Kier molecular flexibility index (Phi) is 2.93. The number of nitrogens with two attached hydrogens (primary N) is 1. The predicted octanol–water partition coefficient (Wildman–Crippen LogP) is 1.85. The third-order valence-electron chi connectivity index (χ3n) is 3.10. The number of likely N-dealkylation sites (N-methyl/N-ethyl adjacent to an activating group) is 1. The lowest BCUT2D eigenvalue weighted by molar-refractivity contribution is 0.124. The van der Waals surface area contributed by atoms with E-state index in [9.17, 15) is 0 Å². The summed E-state index contributed by atoms with van der Waals surface area (Å²) in [5.41, 5.74) is 3.92. The van der Waals surface area contributed by atoms with Crippen LogP contribution in [0.5, 0.6) is 0 Å². The smallest absolute Gasteiger partial charge is 0.0930 e. The van der Waals surface area contributed by atoms with Crippen LogP contribution in [0.3, 0.4) is 0 Å². The van der Waals surface area contributed by atoms with E-state index in [0.29, 0.717) is 12.6 Å². The molecule has 3 nitrogen and oxygen atoms in total. The molecule has 0 fully saturated rings. The van der Waals surface area contributed by atoms with Gasteiger partial charge in [0.15, 0.2) is 0 Å². The van der Waals surface area contributed by atoms with Crippen molar-refractivity contribution in [3.8, 4) is 0 Å². The Labute approximate surface area is 90.8 Å². The van der Waals surface area contributed by atoms with Crippen LogP contribution in [0.25, 0.3) is 0 Å². The summed E-state index contributed by atoms with van der Waals surface area (Å²) in [6.07, 6.45) is 1.15. The van der Waals surface area contributed by atoms with E-state index in [1.165, 1.54) is 11.3 Å². The maximum atomic E-state index is 5.09. The molecule has 0 aliphatic carbocycles. The van der Waals surface area contributed by atoms with Gasteiger partial charge in [0.25, 0.3) is 0 Å². The van der Waals surface area contributed by atoms with Crippen LogP contribution in [-0.2, 0) is 17.9 Å². The van der Waals surface area contributed by atoms with Crippen molar-refractivity contribution in [2.45, 2.75) is 32.9 Å². The van der Waals surface area contributed by atoms with Crippen molar-refractivity contribution in [1.82, 2.24) is 0 Å². The van der Waals surface area contributed by atoms with E-state index < -0.39 is 0 Å². The van der Waals surface area contributed by atoms with Gasteiger partial charge in [-0.1, -0.05) is 12.1 Å². The summed E-state index contributed by atoms with van der Waals surface area (Å²) in [5.74, 6) is 5.09. The predicted molar refractivity (Wildman–Crippen MR) is 61.6 cm³/mol. The zero-order valence-corrected chi connectivity index (χ0v) is 9.36. The second-order valence-corrected chi connectivity index (χ2v) is 4.11. The highest BCUT2D eigenvalue weighted by atomic mass is 16.6. The minimum absolute atomic E-state index is 0.485. The van der Waals surface area contributed by atoms with E-state index in [0.717, 1.165) is 18.5 Å². The van der Waals surface area contributed by atoms with Gasteiger partial charge in [0.05, 0.1) is 6.61 Å². The topological polar surface area (TPSA) is 38.5 Å². The molecule has 1 aliphatic rings. The van der Waals surface area contributed by atoms with Gasteiger partial charge in [-0.15, -0.1) is 0 Å². The van der Waals surface area contributed by atoms with Gasteiger partial charge in [0.2, 0.25) is 0 Å². The highest BCUT2D eigenvalue weighted by Gasteiger charge is 2.24. The third-order valence-corrected chi connectivity index (χ3v) is 3.10. The molecule has 82 valence electrons. The minimum Gasteiger partial charge on any atom is -0.369 e. The monoisotopic (exact) mass is 206 g/mol. The van der Waals surface area contributed by atoms with E-state index in [1.54, 1.807) is 0 Å². The molecule has 1 unspecified atom stereocenters. The van der Waals surface area contributed by atoms with Gasteiger partial charge in [-0.3, -0.25) is 4.84 Å². The van der Waals surface area contributed by atoms with Gasteiger partial charge in [0.1, 0.15) is 0 Å². The summed E-state index contributed by atoms with van der Waals surface area (Å²) >= 11 is 0. The summed E-state index contributed by atoms with van der Waals surface area (Å²) in [6, 6.07) is 7.09. The Balaban J connectivity index is 2.31. The molecule has 1 aliphatic heterocycles. The number of hydrogen-bond acceptors (Lipinski definition) is 3. The molecule has 0 saturated heterocycles. The lowest BCUT2D eigenvalue weighted by atomic mass is 10.1. The Hall–Kier alpha value is -1.06. The Morgan fingerprint density at radius 1 is 1.53 bits per heavy atom. The minimum atomic E-state index is 0.485. The Morgan fingerprint density at radius 3 is 3.00 bits per heavy atom. The van der Waals surface area contributed by atoms with E-state index >= 15 is 0 Å². The lowest BCUT2D eigenvalue weighted by Crippen LogP contribution is -2.28. The van der Waals surface area contributed by atoms with Gasteiger partial charge >= 0.3 is 0 Å². The summed E-state index contributed by atoms with van der Waals surface area (Å²) in [5, 5.41) is 0. The van der Waals surface area contributed by atoms with Crippen molar-refractivity contribution in [3.05, 3.63) is 29.3 Å². The first-order chi connectivity index (χ1) is 7.26. The maximum absolute atomic E-state index is 5.09. The normalized spacial score (nSPS) is 19.4. The fraction of sp³-hybridized carbons (Fsp3) is 0.500. The van der Waals surface area contributed by atoms with Crippen LogP contribution < -0.4 is 10.8 Å². The summed E-state index contributed by atoms with van der Waals surface area (Å²) in [7, 11) is 0. The van der Waals surface area contributed by atoms with E-state index in [1.807, 2.05) is 0 Å². The van der Waals surface area contributed by atoms with Gasteiger partial charge in [-0.2, -0.15) is 0 Å². The number of hydrogen-bond donors (Lipinski definition) is 1. The van der Waals surface area contributed by atoms with Crippen molar-refractivity contribution in [2.24, 2.45) is 5.90 Å². The van der Waals surface area contributed by atoms with E-state index in [2.05, 4.69) is 41.8 Å². The van der Waals surface area contributed by atoms with Crippen molar-refractivity contribution in [3.63, 3.8) is 0 Å². The van der Waals surface area contributed by atoms with Crippen LogP contribution >= 0.6 is 0 Å². The zero-order valence-electron chi connectivity index (χ0n) is 9.36. The molecule has 0 bridgehead atoms. The first kappa shape index (κ1) is 10.5. The zero-order chi connectivity index (χ0) is 10.8. The number of fused-ring (bicyclic) bond motifs is 1. The molecule has 2 N–H and O–H groups in total. The Bertz CT molecular complexity index is 351. The number of benzene rings is 1. The molecule has 0 aromatic heterocycles. The molecule has 0 spiro atoms. The molecule has 1 aromatic rings. The summed E-state index contributed by atoms with van der Waals surface area (Å²) in [4.78, 5) is 7.09. The molecule has 1 aromatic carbocycles. The number of anilines is 1. The van der Waals surface area contributed by atoms with Crippen LogP contribution in [0.15, 0.2) is 18.2 Å². The van der Waals surface area contributed by atoms with E-state index in [-0.39, 0.29) is 0 Å². The molecule has 0 amide bonds. The summed E-state index contributed by atoms with van der Waals surface area (Å²) < 4.78 is 0. The van der Waals surface area contributed by atoms with Crippen LogP contribution in [0, 0.1) is 0 Å². The molecule has 3 heteroatoms. The molecular formula is C12H18N2O. The first-order valence-electron chi connectivity index (χ1n) is 5.46. The molecule has 0 saturated carbocycles. The molecule has 0 radical (unpaired) electrons. The quantitative estimate of drug-likeness (QED) is 0.767. The molecule has 15 heavy (non-hydrogen) atoms. The fourth-order valence-corrected chi connectivity index (χ4v) is 2.38. The molecular weight excluding hydrogens is 188 g/mol. The summed E-state index contributed by atoms with van der Waals surface area (Å²) in [6.45, 7) is 6.00. The average molecular weight is 206 g/mol. The molecule has 2 rings (SSSR count). The van der Waals surface area contributed by atoms with Crippen molar-refractivity contribution >= 4 is 5.69 Å². The fourth-order valence-electron chi connectivity index (χ4n) is 2.38. The van der Waals surface area contributed by atoms with Gasteiger partial charge in [-0.05, 0) is 37.5 Å². The SMILES string of the molecule is CCN1c2cc(CON)ccc2CC1C. The van der Waals surface area contributed by atoms with Crippen LogP contribution in [-0.4, -0.2) is 12.6 Å². The second-order valence-electron chi connectivity index (χ2n) is 4.11. The highest BCUT2D eigenvalue weighted by molar-refractivity contribution is 5.60. The van der Waals surface area contributed by atoms with Crippen molar-refractivity contribution in [1.29, 1.82) is 0 Å². The van der Waals surface area contributed by atoms with E-state index in [4.69, 9.17) is 5.90 Å². The standard InChI is InChI=1S/C12H18N2O/c1-3-14-9(2)6-11-5-4-10(8-15-13)7-12(11)14/h4-5,7,9H,3,6,8,13H2,1-2H3. The van der Waals surface area contributed by atoms with Gasteiger partial charge in [-0.25, -0.2) is 5.90 Å². The highest BCUT2D eigenvalue weighted by Crippen LogP contribution is 2.32. The van der Waals surface area contributed by atoms with Crippen molar-refractivity contribution in [2.75, 3.05) is 11.4 Å². The van der Waals surface area contributed by atoms with Crippen LogP contribution in [0.4, 0.5) is 5.69 Å². The average Bonchev–Trinajstić information content (AvgIpc) is 2.53. The van der Waals surface area contributed by atoms with Gasteiger partial charge in [0, 0.05) is 18.3 Å². The second kappa shape index (κ2) is 4.21. The molecule has 1 atom stereocenters. The van der Waals surface area contributed by atoms with Gasteiger partial charge < -0.3 is 4.90 Å². The first-order valence-corrected chi connectivity index (χ1v) is 5.46. The number of nitrogens with zero attached hydrogens (tertiary/aromatic N) is 1. The largest absolute Gasteiger partial charge is 0.369 e. The third kappa shape index (κ3) is 1.85. The number of rotatable bonds is 3. The Morgan fingerprint density at radius 2 is 2.33 bits per heavy atom. The lowest BCUT2D eigenvalue weighted by Gasteiger charge is -2.23. The molecule has 1 heterocycles. The maximum Gasteiger partial charge on any atom is 0.0930 e. The van der Waals surface area contributed by atoms with Crippen LogP contribution in [0.1, 0.15) is 25.0 Å². The van der Waals surface area contributed by atoms with Crippen molar-refractivity contribution < 1.29 is 4.84 Å².